The average molecular weight is 300 g/mol. The zero-order valence-electron chi connectivity index (χ0n) is 8.13. The van der Waals surface area contributed by atoms with Gasteiger partial charge in [0.25, 0.3) is 0 Å². The lowest BCUT2D eigenvalue weighted by atomic mass is 10.2. The Bertz CT molecular complexity index is 556. The summed E-state index contributed by atoms with van der Waals surface area (Å²) in [4.78, 5) is 0. The van der Waals surface area contributed by atoms with Crippen LogP contribution in [0.2, 0.25) is 0 Å². The third-order valence-corrected chi connectivity index (χ3v) is 2.33. The number of phenolic OH excluding ortho intramolecular Hbond substituents is 1. The summed E-state index contributed by atoms with van der Waals surface area (Å²) >= 11 is 2.76. The molecule has 0 amide bonds. The van der Waals surface area contributed by atoms with Crippen LogP contribution >= 0.6 is 15.9 Å². The second-order valence-electron chi connectivity index (χ2n) is 2.81. The maximum Gasteiger partial charge on any atom is 0.203 e. The normalized spacial score (nSPS) is 9.00. The molecule has 4 nitrogen and oxygen atoms in total. The Morgan fingerprint density at radius 1 is 1.35 bits per heavy atom. The summed E-state index contributed by atoms with van der Waals surface area (Å²) in [7, 11) is 0. The molecule has 2 N–H and O–H groups in total. The van der Waals surface area contributed by atoms with Crippen LogP contribution in [-0.4, -0.2) is 5.11 Å². The molecule has 1 rings (SSSR count). The van der Waals surface area contributed by atoms with Crippen LogP contribution in [0.4, 0.5) is 14.5 Å². The van der Waals surface area contributed by atoms with Gasteiger partial charge in [-0.25, -0.2) is 4.39 Å². The molecule has 1 aromatic rings. The van der Waals surface area contributed by atoms with Crippen molar-refractivity contribution in [2.75, 3.05) is 5.32 Å². The van der Waals surface area contributed by atoms with Gasteiger partial charge < -0.3 is 10.4 Å². The minimum absolute atomic E-state index is 0.168. The molecule has 0 aromatic heterocycles. The number of benzene rings is 1. The van der Waals surface area contributed by atoms with Crippen molar-refractivity contribution in [3.8, 4) is 17.9 Å². The largest absolute Gasteiger partial charge is 0.503 e. The molecule has 0 bridgehead atoms. The van der Waals surface area contributed by atoms with Crippen molar-refractivity contribution in [1.29, 1.82) is 10.5 Å². The van der Waals surface area contributed by atoms with Crippen LogP contribution in [0.15, 0.2) is 22.3 Å². The van der Waals surface area contributed by atoms with Gasteiger partial charge in [0.05, 0.1) is 10.2 Å². The van der Waals surface area contributed by atoms with Crippen LogP contribution in [0.1, 0.15) is 0 Å². The first-order chi connectivity index (χ1) is 8.01. The third-order valence-electron chi connectivity index (χ3n) is 1.75. The van der Waals surface area contributed by atoms with E-state index in [0.29, 0.717) is 0 Å². The van der Waals surface area contributed by atoms with Gasteiger partial charge >= 0.3 is 0 Å². The van der Waals surface area contributed by atoms with Crippen LogP contribution in [0.25, 0.3) is 0 Å². The van der Waals surface area contributed by atoms with Gasteiger partial charge in [-0.05, 0) is 22.0 Å². The lowest BCUT2D eigenvalue weighted by Crippen LogP contribution is -1.95. The Morgan fingerprint density at radius 3 is 2.47 bits per heavy atom. The fourth-order valence-corrected chi connectivity index (χ4v) is 1.34. The van der Waals surface area contributed by atoms with E-state index in [0.717, 1.165) is 12.3 Å². The molecule has 0 heterocycles. The fraction of sp³-hybridized carbons (Fsp3) is 0. The first-order valence-electron chi connectivity index (χ1n) is 4.14. The van der Waals surface area contributed by atoms with Gasteiger partial charge in [-0.1, -0.05) is 0 Å². The number of nitriles is 2. The number of phenols is 1. The predicted octanol–water partition coefficient (Wildman–Crippen LogP) is 2.78. The molecule has 0 radical (unpaired) electrons. The highest BCUT2D eigenvalue weighted by Crippen LogP contribution is 2.33. The molecule has 0 atom stereocenters. The number of halogens is 3. The van der Waals surface area contributed by atoms with Crippen molar-refractivity contribution in [1.82, 2.24) is 0 Å². The standard InChI is InChI=1S/C10H4BrF2N3O/c11-6-1-7(10(17)9(13)8(6)12)16-4-5(2-14)3-15/h1,4,16-17H. The average Bonchev–Trinajstić information content (AvgIpc) is 2.33. The van der Waals surface area contributed by atoms with Crippen LogP contribution < -0.4 is 5.32 Å². The van der Waals surface area contributed by atoms with Crippen LogP contribution in [0.3, 0.4) is 0 Å². The summed E-state index contributed by atoms with van der Waals surface area (Å²) in [5, 5.41) is 28.5. The van der Waals surface area contributed by atoms with Crippen molar-refractivity contribution < 1.29 is 13.9 Å². The summed E-state index contributed by atoms with van der Waals surface area (Å²) < 4.78 is 25.9. The Balaban J connectivity index is 3.15. The van der Waals surface area contributed by atoms with Crippen LogP contribution in [0.5, 0.6) is 5.75 Å². The number of aromatic hydroxyl groups is 1. The Morgan fingerprint density at radius 2 is 1.94 bits per heavy atom. The number of anilines is 1. The lowest BCUT2D eigenvalue weighted by molar-refractivity contribution is 0.407. The van der Waals surface area contributed by atoms with Crippen molar-refractivity contribution in [3.05, 3.63) is 33.9 Å². The molecule has 0 aliphatic rings. The summed E-state index contributed by atoms with van der Waals surface area (Å²) in [6.07, 6.45) is 0.971. The van der Waals surface area contributed by atoms with Crippen molar-refractivity contribution in [3.63, 3.8) is 0 Å². The molecule has 86 valence electrons. The van der Waals surface area contributed by atoms with Gasteiger partial charge in [-0.15, -0.1) is 0 Å². The van der Waals surface area contributed by atoms with Gasteiger partial charge in [0, 0.05) is 6.20 Å². The highest BCUT2D eigenvalue weighted by atomic mass is 79.9. The minimum atomic E-state index is -1.43. The smallest absolute Gasteiger partial charge is 0.203 e. The van der Waals surface area contributed by atoms with E-state index in [2.05, 4.69) is 21.2 Å². The van der Waals surface area contributed by atoms with E-state index in [4.69, 9.17) is 10.5 Å². The van der Waals surface area contributed by atoms with Gasteiger partial charge in [-0.2, -0.15) is 14.9 Å². The molecule has 0 aliphatic carbocycles. The summed E-state index contributed by atoms with van der Waals surface area (Å²) in [5.74, 6) is -3.58. The first kappa shape index (κ1) is 12.9. The highest BCUT2D eigenvalue weighted by Gasteiger charge is 2.16. The molecule has 0 saturated carbocycles. The second-order valence-corrected chi connectivity index (χ2v) is 3.66. The van der Waals surface area contributed by atoms with E-state index in [-0.39, 0.29) is 15.7 Å². The van der Waals surface area contributed by atoms with E-state index in [1.165, 1.54) is 0 Å². The highest BCUT2D eigenvalue weighted by molar-refractivity contribution is 9.10. The van der Waals surface area contributed by atoms with Crippen LogP contribution in [0, 0.1) is 34.3 Å². The Labute approximate surface area is 104 Å². The maximum atomic E-state index is 13.1. The van der Waals surface area contributed by atoms with Gasteiger partial charge in [0.15, 0.2) is 11.6 Å². The Kier molecular flexibility index (Phi) is 4.02. The van der Waals surface area contributed by atoms with E-state index < -0.39 is 17.4 Å². The Hall–Kier alpha value is -2.12. The predicted molar refractivity (Wildman–Crippen MR) is 58.7 cm³/mol. The number of hydrogen-bond acceptors (Lipinski definition) is 4. The molecule has 0 saturated heterocycles. The quantitative estimate of drug-likeness (QED) is 0.500. The molecular weight excluding hydrogens is 296 g/mol. The fourth-order valence-electron chi connectivity index (χ4n) is 0.935. The third kappa shape index (κ3) is 2.71. The maximum absolute atomic E-state index is 13.1. The molecule has 0 spiro atoms. The molecule has 17 heavy (non-hydrogen) atoms. The number of allylic oxidation sites excluding steroid dienone is 1. The van der Waals surface area contributed by atoms with Gasteiger partial charge in [0.1, 0.15) is 17.7 Å². The zero-order chi connectivity index (χ0) is 13.0. The SMILES string of the molecule is N#CC(C#N)=CNc1cc(Br)c(F)c(F)c1O. The topological polar surface area (TPSA) is 79.8 Å². The first-order valence-corrected chi connectivity index (χ1v) is 4.94. The van der Waals surface area contributed by atoms with Crippen molar-refractivity contribution >= 4 is 21.6 Å². The molecule has 0 fully saturated rings. The summed E-state index contributed by atoms with van der Waals surface area (Å²) in [6, 6.07) is 4.20. The van der Waals surface area contributed by atoms with E-state index >= 15 is 0 Å². The van der Waals surface area contributed by atoms with Gasteiger partial charge in [0.2, 0.25) is 5.82 Å². The monoisotopic (exact) mass is 299 g/mol. The van der Waals surface area contributed by atoms with E-state index in [9.17, 15) is 13.9 Å². The van der Waals surface area contributed by atoms with Crippen molar-refractivity contribution in [2.45, 2.75) is 0 Å². The molecule has 0 unspecified atom stereocenters. The number of rotatable bonds is 2. The van der Waals surface area contributed by atoms with E-state index in [1.807, 2.05) is 0 Å². The minimum Gasteiger partial charge on any atom is -0.503 e. The lowest BCUT2D eigenvalue weighted by Gasteiger charge is -2.07. The molecule has 7 heteroatoms. The molecule has 0 aliphatic heterocycles. The van der Waals surface area contributed by atoms with Gasteiger partial charge in [-0.3, -0.25) is 0 Å². The summed E-state index contributed by atoms with van der Waals surface area (Å²) in [6.45, 7) is 0. The zero-order valence-corrected chi connectivity index (χ0v) is 9.72. The van der Waals surface area contributed by atoms with Crippen molar-refractivity contribution in [2.24, 2.45) is 0 Å². The summed E-state index contributed by atoms with van der Waals surface area (Å²) in [5.41, 5.74) is -0.441. The molecule has 1 aromatic carbocycles. The van der Waals surface area contributed by atoms with E-state index in [1.54, 1.807) is 12.1 Å². The molecular formula is C10H4BrF2N3O. The van der Waals surface area contributed by atoms with Crippen LogP contribution in [-0.2, 0) is 0 Å². The number of nitrogens with one attached hydrogen (secondary N) is 1. The second kappa shape index (κ2) is 5.28. The number of hydrogen-bond donors (Lipinski definition) is 2. The number of nitrogens with zero attached hydrogens (tertiary/aromatic N) is 2.